The second-order valence-electron chi connectivity index (χ2n) is 6.17. The summed E-state index contributed by atoms with van der Waals surface area (Å²) in [6.07, 6.45) is 2.32. The molecular weight excluding hydrogens is 306 g/mol. The number of ether oxygens (including phenoxy) is 3. The van der Waals surface area contributed by atoms with E-state index in [0.29, 0.717) is 13.4 Å². The van der Waals surface area contributed by atoms with E-state index in [2.05, 4.69) is 29.7 Å². The first-order valence-electron chi connectivity index (χ1n) is 8.77. The summed E-state index contributed by atoms with van der Waals surface area (Å²) in [7, 11) is 0. The number of hydrogen-bond acceptors (Lipinski definition) is 4. The zero-order chi connectivity index (χ0) is 16.8. The fourth-order valence-electron chi connectivity index (χ4n) is 2.87. The minimum absolute atomic E-state index is 0.142. The summed E-state index contributed by atoms with van der Waals surface area (Å²) >= 11 is 0. The minimum atomic E-state index is 0.142. The maximum Gasteiger partial charge on any atom is 0.231 e. The molecule has 3 rings (SSSR count). The highest BCUT2D eigenvalue weighted by Gasteiger charge is 2.44. The summed E-state index contributed by atoms with van der Waals surface area (Å²) in [6.45, 7) is 8.20. The van der Waals surface area contributed by atoms with Gasteiger partial charge in [0, 0.05) is 25.1 Å². The molecule has 0 unspecified atom stereocenters. The number of rotatable bonds is 8. The van der Waals surface area contributed by atoms with E-state index in [0.717, 1.165) is 56.5 Å². The molecular formula is C18H27N3O3. The van der Waals surface area contributed by atoms with Gasteiger partial charge in [0.2, 0.25) is 6.79 Å². The van der Waals surface area contributed by atoms with Gasteiger partial charge in [-0.15, -0.1) is 0 Å². The smallest absolute Gasteiger partial charge is 0.231 e. The first-order valence-corrected chi connectivity index (χ1v) is 8.77. The Kier molecular flexibility index (Phi) is 5.45. The Hall–Kier alpha value is -1.95. The lowest BCUT2D eigenvalue weighted by Gasteiger charge is -2.16. The number of hydrogen-bond donors (Lipinski definition) is 2. The van der Waals surface area contributed by atoms with Gasteiger partial charge in [-0.05, 0) is 44.4 Å². The first-order chi connectivity index (χ1) is 11.8. The molecule has 1 aromatic rings. The third-order valence-electron chi connectivity index (χ3n) is 4.47. The van der Waals surface area contributed by atoms with Crippen molar-refractivity contribution in [3.63, 3.8) is 0 Å². The fraction of sp³-hybridized carbons (Fsp3) is 0.611. The average molecular weight is 333 g/mol. The van der Waals surface area contributed by atoms with Gasteiger partial charge in [0.25, 0.3) is 0 Å². The van der Waals surface area contributed by atoms with Crippen molar-refractivity contribution in [3.8, 4) is 11.5 Å². The van der Waals surface area contributed by atoms with Crippen LogP contribution in [0.1, 0.15) is 32.3 Å². The van der Waals surface area contributed by atoms with Crippen molar-refractivity contribution in [2.24, 2.45) is 4.99 Å². The van der Waals surface area contributed by atoms with Crippen LogP contribution in [0.5, 0.6) is 11.5 Å². The lowest BCUT2D eigenvalue weighted by atomic mass is 9.96. The second-order valence-corrected chi connectivity index (χ2v) is 6.17. The third kappa shape index (κ3) is 3.93. The molecule has 0 bridgehead atoms. The second kappa shape index (κ2) is 7.75. The van der Waals surface area contributed by atoms with E-state index in [1.54, 1.807) is 0 Å². The molecule has 0 spiro atoms. The number of fused-ring (bicyclic) bond motifs is 1. The molecule has 132 valence electrons. The monoisotopic (exact) mass is 333 g/mol. The molecule has 6 nitrogen and oxygen atoms in total. The van der Waals surface area contributed by atoms with Crippen molar-refractivity contribution in [3.05, 3.63) is 23.8 Å². The highest BCUT2D eigenvalue weighted by molar-refractivity contribution is 5.79. The van der Waals surface area contributed by atoms with Crippen molar-refractivity contribution in [1.29, 1.82) is 0 Å². The quantitative estimate of drug-likeness (QED) is 0.433. The maximum absolute atomic E-state index is 5.51. The van der Waals surface area contributed by atoms with Gasteiger partial charge in [0.1, 0.15) is 0 Å². The summed E-state index contributed by atoms with van der Waals surface area (Å²) < 4.78 is 16.3. The Morgan fingerprint density at radius 3 is 2.79 bits per heavy atom. The van der Waals surface area contributed by atoms with E-state index in [1.165, 1.54) is 5.56 Å². The largest absolute Gasteiger partial charge is 0.454 e. The molecule has 1 heterocycles. The number of nitrogens with one attached hydrogen (secondary N) is 2. The van der Waals surface area contributed by atoms with E-state index < -0.39 is 0 Å². The van der Waals surface area contributed by atoms with Crippen LogP contribution in [0.25, 0.3) is 0 Å². The lowest BCUT2D eigenvalue weighted by Crippen LogP contribution is -2.39. The van der Waals surface area contributed by atoms with Gasteiger partial charge in [-0.25, -0.2) is 0 Å². The van der Waals surface area contributed by atoms with Crippen molar-refractivity contribution in [1.82, 2.24) is 10.6 Å². The Morgan fingerprint density at radius 1 is 1.21 bits per heavy atom. The van der Waals surface area contributed by atoms with Gasteiger partial charge in [-0.3, -0.25) is 4.99 Å². The van der Waals surface area contributed by atoms with Crippen LogP contribution >= 0.6 is 0 Å². The summed E-state index contributed by atoms with van der Waals surface area (Å²) in [5.41, 5.74) is 1.43. The zero-order valence-electron chi connectivity index (χ0n) is 14.6. The van der Waals surface area contributed by atoms with Crippen molar-refractivity contribution < 1.29 is 14.2 Å². The molecule has 1 aliphatic heterocycles. The summed E-state index contributed by atoms with van der Waals surface area (Å²) in [6, 6.07) is 6.26. The van der Waals surface area contributed by atoms with Gasteiger partial charge in [-0.2, -0.15) is 0 Å². The first kappa shape index (κ1) is 16.9. The van der Waals surface area contributed by atoms with Crippen LogP contribution in [0.2, 0.25) is 0 Å². The van der Waals surface area contributed by atoms with Crippen molar-refractivity contribution >= 4 is 5.96 Å². The summed E-state index contributed by atoms with van der Waals surface area (Å²) in [5, 5.41) is 6.61. The maximum atomic E-state index is 5.51. The van der Waals surface area contributed by atoms with E-state index in [-0.39, 0.29) is 5.41 Å². The van der Waals surface area contributed by atoms with Gasteiger partial charge >= 0.3 is 0 Å². The van der Waals surface area contributed by atoms with Crippen LogP contribution in [0.3, 0.4) is 0 Å². The van der Waals surface area contributed by atoms with Crippen LogP contribution < -0.4 is 20.1 Å². The molecule has 0 radical (unpaired) electrons. The Labute approximate surface area is 143 Å². The van der Waals surface area contributed by atoms with E-state index in [9.17, 15) is 0 Å². The van der Waals surface area contributed by atoms with Crippen LogP contribution in [0.4, 0.5) is 0 Å². The summed E-state index contributed by atoms with van der Waals surface area (Å²) in [5.74, 6) is 2.54. The number of guanidine groups is 1. The standard InChI is InChI=1S/C18H27N3O3/c1-3-19-17(20-9-10-22-4-2)21-12-18(7-8-18)14-5-6-15-16(11-14)24-13-23-15/h5-6,11H,3-4,7-10,12-13H2,1-2H3,(H2,19,20,21). The highest BCUT2D eigenvalue weighted by Crippen LogP contribution is 2.50. The van der Waals surface area contributed by atoms with Crippen LogP contribution in [-0.4, -0.2) is 45.6 Å². The van der Waals surface area contributed by atoms with E-state index >= 15 is 0 Å². The fourth-order valence-corrected chi connectivity index (χ4v) is 2.87. The average Bonchev–Trinajstić information content (AvgIpc) is 3.25. The predicted octanol–water partition coefficient (Wildman–Crippen LogP) is 2.04. The lowest BCUT2D eigenvalue weighted by molar-refractivity contribution is 0.152. The number of benzene rings is 1. The molecule has 1 aliphatic carbocycles. The molecule has 2 N–H and O–H groups in total. The number of nitrogens with zero attached hydrogens (tertiary/aromatic N) is 1. The van der Waals surface area contributed by atoms with Gasteiger partial charge in [-0.1, -0.05) is 6.07 Å². The van der Waals surface area contributed by atoms with Crippen molar-refractivity contribution in [2.45, 2.75) is 32.1 Å². The normalized spacial score (nSPS) is 17.7. The van der Waals surface area contributed by atoms with Crippen LogP contribution in [0, 0.1) is 0 Å². The van der Waals surface area contributed by atoms with Crippen LogP contribution in [-0.2, 0) is 10.2 Å². The Morgan fingerprint density at radius 2 is 2.04 bits per heavy atom. The molecule has 0 aromatic heterocycles. The molecule has 0 saturated heterocycles. The minimum Gasteiger partial charge on any atom is -0.454 e. The molecule has 24 heavy (non-hydrogen) atoms. The molecule has 2 aliphatic rings. The third-order valence-corrected chi connectivity index (χ3v) is 4.47. The van der Waals surface area contributed by atoms with Gasteiger partial charge in [0.05, 0.1) is 13.2 Å². The molecule has 1 fully saturated rings. The summed E-state index contributed by atoms with van der Waals surface area (Å²) in [4.78, 5) is 4.78. The van der Waals surface area contributed by atoms with E-state index in [1.807, 2.05) is 13.0 Å². The zero-order valence-corrected chi connectivity index (χ0v) is 14.6. The van der Waals surface area contributed by atoms with Crippen LogP contribution in [0.15, 0.2) is 23.2 Å². The van der Waals surface area contributed by atoms with Crippen molar-refractivity contribution in [2.75, 3.05) is 39.6 Å². The molecule has 0 amide bonds. The predicted molar refractivity (Wildman–Crippen MR) is 94.0 cm³/mol. The Balaban J connectivity index is 1.62. The molecule has 6 heteroatoms. The Bertz CT molecular complexity index is 585. The SMILES string of the molecule is CCNC(=NCC1(c2ccc3c(c2)OCO3)CC1)NCCOCC. The van der Waals surface area contributed by atoms with E-state index in [4.69, 9.17) is 19.2 Å². The molecule has 0 atom stereocenters. The topological polar surface area (TPSA) is 64.1 Å². The van der Waals surface area contributed by atoms with Gasteiger partial charge < -0.3 is 24.8 Å². The molecule has 1 saturated carbocycles. The molecule has 1 aromatic carbocycles. The van der Waals surface area contributed by atoms with Gasteiger partial charge in [0.15, 0.2) is 17.5 Å². The number of aliphatic imine (C=N–C) groups is 1. The highest BCUT2D eigenvalue weighted by atomic mass is 16.7.